The van der Waals surface area contributed by atoms with E-state index >= 15 is 0 Å². The average Bonchev–Trinajstić information content (AvgIpc) is 3.17. The van der Waals surface area contributed by atoms with E-state index in [0.29, 0.717) is 28.0 Å². The van der Waals surface area contributed by atoms with Crippen molar-refractivity contribution in [3.05, 3.63) is 81.0 Å². The highest BCUT2D eigenvalue weighted by atomic mass is 19.4. The number of aryl methyl sites for hydroxylation is 3. The van der Waals surface area contributed by atoms with E-state index in [1.165, 1.54) is 13.0 Å². The van der Waals surface area contributed by atoms with E-state index in [1.54, 1.807) is 13.0 Å². The third kappa shape index (κ3) is 4.25. The SMILES string of the molecule is Cc1cc([C@@H](C)Nc2ccc(C(F)(F)F)nc2C)c2oc(-c3ccn(C)c3)c(C)c(=O)c2c1. The molecule has 0 radical (unpaired) electrons. The van der Waals surface area contributed by atoms with Gasteiger partial charge in [0.15, 0.2) is 5.43 Å². The number of fused-ring (bicyclic) bond motifs is 1. The molecule has 0 saturated heterocycles. The third-order valence-corrected chi connectivity index (χ3v) is 5.70. The first-order valence-corrected chi connectivity index (χ1v) is 10.5. The Morgan fingerprint density at radius 2 is 1.85 bits per heavy atom. The van der Waals surface area contributed by atoms with E-state index in [2.05, 4.69) is 10.3 Å². The highest BCUT2D eigenvalue weighted by molar-refractivity contribution is 5.84. The minimum Gasteiger partial charge on any atom is -0.455 e. The first-order chi connectivity index (χ1) is 15.5. The lowest BCUT2D eigenvalue weighted by Crippen LogP contribution is -2.14. The fourth-order valence-electron chi connectivity index (χ4n) is 3.98. The van der Waals surface area contributed by atoms with Gasteiger partial charge in [-0.25, -0.2) is 4.98 Å². The van der Waals surface area contributed by atoms with Crippen molar-refractivity contribution < 1.29 is 17.6 Å². The summed E-state index contributed by atoms with van der Waals surface area (Å²) in [5, 5.41) is 3.70. The molecule has 1 aromatic carbocycles. The van der Waals surface area contributed by atoms with Gasteiger partial charge < -0.3 is 14.3 Å². The highest BCUT2D eigenvalue weighted by Gasteiger charge is 2.32. The summed E-state index contributed by atoms with van der Waals surface area (Å²) in [5.74, 6) is 0.498. The number of rotatable bonds is 4. The molecule has 4 aromatic rings. The normalized spacial score (nSPS) is 12.8. The summed E-state index contributed by atoms with van der Waals surface area (Å²) >= 11 is 0. The molecule has 0 aliphatic carbocycles. The lowest BCUT2D eigenvalue weighted by molar-refractivity contribution is -0.141. The maximum atomic E-state index is 13.2. The van der Waals surface area contributed by atoms with Gasteiger partial charge in [-0.15, -0.1) is 0 Å². The van der Waals surface area contributed by atoms with Crippen molar-refractivity contribution in [3.8, 4) is 11.3 Å². The predicted molar refractivity (Wildman–Crippen MR) is 122 cm³/mol. The van der Waals surface area contributed by atoms with E-state index < -0.39 is 11.9 Å². The van der Waals surface area contributed by atoms with Crippen LogP contribution in [0.15, 0.2) is 51.9 Å². The van der Waals surface area contributed by atoms with E-state index in [0.717, 1.165) is 22.8 Å². The van der Waals surface area contributed by atoms with Crippen LogP contribution in [0.5, 0.6) is 0 Å². The van der Waals surface area contributed by atoms with Gasteiger partial charge in [0.2, 0.25) is 0 Å². The summed E-state index contributed by atoms with van der Waals surface area (Å²) in [4.78, 5) is 16.9. The highest BCUT2D eigenvalue weighted by Crippen LogP contribution is 2.34. The molecule has 0 aliphatic heterocycles. The number of hydrogen-bond donors (Lipinski definition) is 1. The number of pyridine rings is 1. The van der Waals surface area contributed by atoms with Crippen LogP contribution in [0, 0.1) is 20.8 Å². The molecule has 3 aromatic heterocycles. The number of nitrogens with one attached hydrogen (secondary N) is 1. The second-order valence-electron chi connectivity index (χ2n) is 8.38. The molecule has 0 amide bonds. The summed E-state index contributed by atoms with van der Waals surface area (Å²) in [6.45, 7) is 7.03. The van der Waals surface area contributed by atoms with Gasteiger partial charge in [0.25, 0.3) is 0 Å². The molecule has 4 rings (SSSR count). The summed E-state index contributed by atoms with van der Waals surface area (Å²) in [6.07, 6.45) is -0.750. The van der Waals surface area contributed by atoms with E-state index in [9.17, 15) is 18.0 Å². The summed E-state index contributed by atoms with van der Waals surface area (Å²) in [5.41, 5.74) is 3.04. The summed E-state index contributed by atoms with van der Waals surface area (Å²) in [7, 11) is 1.89. The van der Waals surface area contributed by atoms with Crippen LogP contribution in [0.3, 0.4) is 0 Å². The lowest BCUT2D eigenvalue weighted by Gasteiger charge is -2.20. The Morgan fingerprint density at radius 1 is 1.12 bits per heavy atom. The fourth-order valence-corrected chi connectivity index (χ4v) is 3.98. The van der Waals surface area contributed by atoms with Crippen molar-refractivity contribution in [2.45, 2.75) is 39.9 Å². The molecule has 8 heteroatoms. The third-order valence-electron chi connectivity index (χ3n) is 5.70. The molecule has 33 heavy (non-hydrogen) atoms. The molecule has 0 aliphatic rings. The molecule has 0 unspecified atom stereocenters. The van der Waals surface area contributed by atoms with Crippen molar-refractivity contribution in [2.75, 3.05) is 5.32 Å². The largest absolute Gasteiger partial charge is 0.455 e. The van der Waals surface area contributed by atoms with E-state index in [-0.39, 0.29) is 17.2 Å². The van der Waals surface area contributed by atoms with Crippen molar-refractivity contribution in [3.63, 3.8) is 0 Å². The number of nitrogens with zero attached hydrogens (tertiary/aromatic N) is 2. The Hall–Kier alpha value is -3.55. The van der Waals surface area contributed by atoms with Crippen molar-refractivity contribution >= 4 is 16.7 Å². The second kappa shape index (κ2) is 8.10. The molecule has 0 saturated carbocycles. The number of alkyl halides is 3. The predicted octanol–water partition coefficient (Wildman–Crippen LogP) is 6.31. The van der Waals surface area contributed by atoms with Gasteiger partial charge in [0.1, 0.15) is 17.0 Å². The Balaban J connectivity index is 1.82. The summed E-state index contributed by atoms with van der Waals surface area (Å²) < 4.78 is 47.1. The van der Waals surface area contributed by atoms with Crippen LogP contribution < -0.4 is 10.7 Å². The van der Waals surface area contributed by atoms with Crippen LogP contribution in [0.25, 0.3) is 22.3 Å². The van der Waals surface area contributed by atoms with Crippen LogP contribution in [-0.4, -0.2) is 9.55 Å². The van der Waals surface area contributed by atoms with Gasteiger partial charge in [-0.1, -0.05) is 6.07 Å². The number of halogens is 3. The summed E-state index contributed by atoms with van der Waals surface area (Å²) in [6, 6.07) is 7.55. The zero-order chi connectivity index (χ0) is 24.1. The minimum absolute atomic E-state index is 0.111. The lowest BCUT2D eigenvalue weighted by atomic mass is 9.99. The quantitative estimate of drug-likeness (QED) is 0.392. The van der Waals surface area contributed by atoms with Crippen LogP contribution >= 0.6 is 0 Å². The van der Waals surface area contributed by atoms with Crippen molar-refractivity contribution in [2.24, 2.45) is 7.05 Å². The fraction of sp³-hybridized carbons (Fsp3) is 0.280. The average molecular weight is 455 g/mol. The first-order valence-electron chi connectivity index (χ1n) is 10.5. The Morgan fingerprint density at radius 3 is 2.45 bits per heavy atom. The molecule has 3 heterocycles. The standard InChI is InChI=1S/C25H24F3N3O2/c1-13-10-18(15(3)29-20-6-7-21(25(26,27)28)30-16(20)4)24-19(11-13)22(32)14(2)23(33-24)17-8-9-31(5)12-17/h6-12,15,29H,1-5H3/t15-/m1/s1. The zero-order valence-electron chi connectivity index (χ0n) is 19.0. The van der Waals surface area contributed by atoms with E-state index in [1.807, 2.05) is 50.0 Å². The topological polar surface area (TPSA) is 60.1 Å². The maximum Gasteiger partial charge on any atom is 0.433 e. The van der Waals surface area contributed by atoms with Gasteiger partial charge in [0, 0.05) is 36.1 Å². The molecular formula is C25H24F3N3O2. The first kappa shape index (κ1) is 22.6. The molecule has 0 bridgehead atoms. The van der Waals surface area contributed by atoms with Crippen molar-refractivity contribution in [1.82, 2.24) is 9.55 Å². The van der Waals surface area contributed by atoms with Gasteiger partial charge in [-0.05, 0) is 57.5 Å². The zero-order valence-corrected chi connectivity index (χ0v) is 19.0. The molecular weight excluding hydrogens is 431 g/mol. The Kier molecular flexibility index (Phi) is 5.56. The molecule has 0 spiro atoms. The number of aromatic nitrogens is 2. The van der Waals surface area contributed by atoms with Crippen LogP contribution in [0.1, 0.15) is 41.0 Å². The minimum atomic E-state index is -4.50. The molecule has 1 N–H and O–H groups in total. The van der Waals surface area contributed by atoms with E-state index in [4.69, 9.17) is 4.42 Å². The smallest absolute Gasteiger partial charge is 0.433 e. The van der Waals surface area contributed by atoms with Crippen LogP contribution in [0.4, 0.5) is 18.9 Å². The molecule has 5 nitrogen and oxygen atoms in total. The number of anilines is 1. The molecule has 0 fully saturated rings. The monoisotopic (exact) mass is 455 g/mol. The van der Waals surface area contributed by atoms with Crippen LogP contribution in [-0.2, 0) is 13.2 Å². The van der Waals surface area contributed by atoms with Gasteiger partial charge in [-0.3, -0.25) is 4.79 Å². The van der Waals surface area contributed by atoms with Crippen molar-refractivity contribution in [1.29, 1.82) is 0 Å². The molecule has 172 valence electrons. The number of benzene rings is 1. The Bertz CT molecular complexity index is 1420. The Labute approximate surface area is 188 Å². The maximum absolute atomic E-state index is 13.2. The van der Waals surface area contributed by atoms with Crippen LogP contribution in [0.2, 0.25) is 0 Å². The molecule has 1 atom stereocenters. The number of hydrogen-bond acceptors (Lipinski definition) is 4. The van der Waals surface area contributed by atoms with Gasteiger partial charge in [-0.2, -0.15) is 13.2 Å². The van der Waals surface area contributed by atoms with Gasteiger partial charge in [0.05, 0.1) is 22.8 Å². The van der Waals surface area contributed by atoms with Gasteiger partial charge >= 0.3 is 6.18 Å². The second-order valence-corrected chi connectivity index (χ2v) is 8.38.